The minimum Gasteiger partial charge on any atom is -0.298 e. The molecule has 0 atom stereocenters. The summed E-state index contributed by atoms with van der Waals surface area (Å²) in [4.78, 5) is 17.3. The molecule has 4 nitrogen and oxygen atoms in total. The van der Waals surface area contributed by atoms with Crippen LogP contribution in [0.4, 0.5) is 10.5 Å². The normalized spacial score (nSPS) is 15.0. The highest BCUT2D eigenvalue weighted by Gasteiger charge is 2.17. The Morgan fingerprint density at radius 3 is 2.13 bits per heavy atom. The number of carbonyl (C=O) groups is 1. The van der Waals surface area contributed by atoms with Gasteiger partial charge >= 0.3 is 6.09 Å². The Morgan fingerprint density at radius 1 is 1.04 bits per heavy atom. The lowest BCUT2D eigenvalue weighted by Crippen LogP contribution is -2.16. The summed E-state index contributed by atoms with van der Waals surface area (Å²) in [6, 6.07) is 6.15. The van der Waals surface area contributed by atoms with Crippen LogP contribution in [-0.2, 0) is 4.84 Å². The summed E-state index contributed by atoms with van der Waals surface area (Å²) >= 11 is 0. The molecule has 126 valence electrons. The lowest BCUT2D eigenvalue weighted by atomic mass is 9.93. The molecule has 1 aliphatic rings. The molecule has 1 aliphatic carbocycles. The van der Waals surface area contributed by atoms with Gasteiger partial charge in [-0.3, -0.25) is 10.2 Å². The molecule has 0 aliphatic heterocycles. The summed E-state index contributed by atoms with van der Waals surface area (Å²) < 4.78 is 0. The van der Waals surface area contributed by atoms with Crippen LogP contribution in [0.15, 0.2) is 23.4 Å². The molecule has 0 unspecified atom stereocenters. The van der Waals surface area contributed by atoms with Crippen LogP contribution < -0.4 is 5.32 Å². The number of benzene rings is 1. The van der Waals surface area contributed by atoms with Gasteiger partial charge in [0.1, 0.15) is 0 Å². The van der Waals surface area contributed by atoms with E-state index in [-0.39, 0.29) is 0 Å². The summed E-state index contributed by atoms with van der Waals surface area (Å²) in [7, 11) is 0. The van der Waals surface area contributed by atoms with Crippen LogP contribution in [0.3, 0.4) is 0 Å². The van der Waals surface area contributed by atoms with Gasteiger partial charge in [-0.25, -0.2) is 4.79 Å². The molecule has 2 rings (SSSR count). The Hall–Kier alpha value is -1.84. The van der Waals surface area contributed by atoms with Crippen molar-refractivity contribution in [1.82, 2.24) is 0 Å². The van der Waals surface area contributed by atoms with Gasteiger partial charge in [0.15, 0.2) is 0 Å². The predicted octanol–water partition coefficient (Wildman–Crippen LogP) is 5.80. The SMILES string of the molecule is CC(C)c1cccc(C(C)C)c1NC(=O)ON=C1CCCCC1. The molecule has 0 saturated heterocycles. The highest BCUT2D eigenvalue weighted by atomic mass is 16.7. The minimum absolute atomic E-state index is 0.327. The van der Waals surface area contributed by atoms with Crippen molar-refractivity contribution < 1.29 is 9.63 Å². The summed E-state index contributed by atoms with van der Waals surface area (Å²) in [5, 5.41) is 6.95. The van der Waals surface area contributed by atoms with Crippen molar-refractivity contribution >= 4 is 17.5 Å². The van der Waals surface area contributed by atoms with Crippen molar-refractivity contribution in [2.75, 3.05) is 5.32 Å². The number of carbonyl (C=O) groups excluding carboxylic acids is 1. The summed E-state index contributed by atoms with van der Waals surface area (Å²) in [5.41, 5.74) is 4.11. The Bertz CT molecular complexity index is 542. The van der Waals surface area contributed by atoms with Crippen LogP contribution >= 0.6 is 0 Å². The summed E-state index contributed by atoms with van der Waals surface area (Å²) in [5.74, 6) is 0.655. The van der Waals surface area contributed by atoms with Crippen LogP contribution in [0.2, 0.25) is 0 Å². The number of hydrogen-bond acceptors (Lipinski definition) is 3. The van der Waals surface area contributed by atoms with E-state index in [1.54, 1.807) is 0 Å². The van der Waals surface area contributed by atoms with Gasteiger partial charge in [-0.2, -0.15) is 0 Å². The van der Waals surface area contributed by atoms with Crippen molar-refractivity contribution in [2.24, 2.45) is 5.16 Å². The smallest absolute Gasteiger partial charge is 0.298 e. The van der Waals surface area contributed by atoms with Crippen LogP contribution in [0.1, 0.15) is 82.8 Å². The molecule has 1 fully saturated rings. The zero-order valence-corrected chi connectivity index (χ0v) is 14.7. The Balaban J connectivity index is 2.13. The van der Waals surface area contributed by atoms with E-state index in [0.29, 0.717) is 11.8 Å². The van der Waals surface area contributed by atoms with E-state index >= 15 is 0 Å². The maximum absolute atomic E-state index is 12.2. The van der Waals surface area contributed by atoms with E-state index in [0.717, 1.165) is 48.2 Å². The first kappa shape index (κ1) is 17.5. The third kappa shape index (κ3) is 4.81. The minimum atomic E-state index is -0.502. The van der Waals surface area contributed by atoms with E-state index < -0.39 is 6.09 Å². The quantitative estimate of drug-likeness (QED) is 0.563. The van der Waals surface area contributed by atoms with Gasteiger partial charge in [0.25, 0.3) is 0 Å². The maximum Gasteiger partial charge on any atom is 0.437 e. The van der Waals surface area contributed by atoms with E-state index in [4.69, 9.17) is 4.84 Å². The zero-order chi connectivity index (χ0) is 16.8. The van der Waals surface area contributed by atoms with Crippen LogP contribution in [0.25, 0.3) is 0 Å². The van der Waals surface area contributed by atoms with Gasteiger partial charge in [-0.15, -0.1) is 0 Å². The average molecular weight is 316 g/mol. The number of para-hydroxylation sites is 1. The molecule has 0 radical (unpaired) electrons. The summed E-state index contributed by atoms with van der Waals surface area (Å²) in [6.45, 7) is 8.49. The van der Waals surface area contributed by atoms with Crippen LogP contribution in [0.5, 0.6) is 0 Å². The maximum atomic E-state index is 12.2. The third-order valence-corrected chi connectivity index (χ3v) is 4.29. The monoisotopic (exact) mass is 316 g/mol. The number of anilines is 1. The topological polar surface area (TPSA) is 50.7 Å². The van der Waals surface area contributed by atoms with E-state index in [1.807, 2.05) is 6.07 Å². The fraction of sp³-hybridized carbons (Fsp3) is 0.579. The highest BCUT2D eigenvalue weighted by molar-refractivity contribution is 5.89. The first-order valence-corrected chi connectivity index (χ1v) is 8.65. The number of amides is 1. The molecule has 0 spiro atoms. The second kappa shape index (κ2) is 8.14. The Morgan fingerprint density at radius 2 is 1.61 bits per heavy atom. The van der Waals surface area contributed by atoms with Gasteiger partial charge in [-0.05, 0) is 48.6 Å². The molecule has 1 aromatic carbocycles. The predicted molar refractivity (Wildman–Crippen MR) is 95.2 cm³/mol. The fourth-order valence-corrected chi connectivity index (χ4v) is 2.98. The first-order valence-electron chi connectivity index (χ1n) is 8.65. The standard InChI is InChI=1S/C19H28N2O2/c1-13(2)16-11-8-12-17(14(3)4)18(16)20-19(22)23-21-15-9-6-5-7-10-15/h8,11-14H,5-7,9-10H2,1-4H3,(H,20,22). The number of oxime groups is 1. The van der Waals surface area contributed by atoms with Crippen LogP contribution in [0, 0.1) is 0 Å². The fourth-order valence-electron chi connectivity index (χ4n) is 2.98. The van der Waals surface area contributed by atoms with Crippen molar-refractivity contribution in [3.05, 3.63) is 29.3 Å². The molecule has 0 aromatic heterocycles. The molecule has 23 heavy (non-hydrogen) atoms. The van der Waals surface area contributed by atoms with Gasteiger partial charge in [0, 0.05) is 0 Å². The molecule has 1 N–H and O–H groups in total. The number of nitrogens with one attached hydrogen (secondary N) is 1. The van der Waals surface area contributed by atoms with Crippen molar-refractivity contribution in [3.8, 4) is 0 Å². The first-order chi connectivity index (χ1) is 11.0. The van der Waals surface area contributed by atoms with Gasteiger partial charge in [0.2, 0.25) is 0 Å². The lowest BCUT2D eigenvalue weighted by molar-refractivity contribution is 0.165. The van der Waals surface area contributed by atoms with Crippen molar-refractivity contribution in [1.29, 1.82) is 0 Å². The molecule has 1 amide bonds. The average Bonchev–Trinajstić information content (AvgIpc) is 2.53. The zero-order valence-electron chi connectivity index (χ0n) is 14.7. The Kier molecular flexibility index (Phi) is 6.20. The van der Waals surface area contributed by atoms with E-state index in [1.165, 1.54) is 6.42 Å². The molecule has 4 heteroatoms. The largest absolute Gasteiger partial charge is 0.437 e. The van der Waals surface area contributed by atoms with Gasteiger partial charge in [-0.1, -0.05) is 57.5 Å². The van der Waals surface area contributed by atoms with Crippen molar-refractivity contribution in [2.45, 2.75) is 71.6 Å². The van der Waals surface area contributed by atoms with E-state index in [2.05, 4.69) is 50.3 Å². The van der Waals surface area contributed by atoms with Crippen LogP contribution in [-0.4, -0.2) is 11.8 Å². The molecule has 1 saturated carbocycles. The molecule has 1 aromatic rings. The summed E-state index contributed by atoms with van der Waals surface area (Å²) in [6.07, 6.45) is 4.89. The molecular weight excluding hydrogens is 288 g/mol. The third-order valence-electron chi connectivity index (χ3n) is 4.29. The molecule has 0 heterocycles. The Labute approximate surface area is 139 Å². The lowest BCUT2D eigenvalue weighted by Gasteiger charge is -2.19. The van der Waals surface area contributed by atoms with Gasteiger partial charge < -0.3 is 0 Å². The molecule has 0 bridgehead atoms. The highest BCUT2D eigenvalue weighted by Crippen LogP contribution is 2.32. The van der Waals surface area contributed by atoms with Crippen molar-refractivity contribution in [3.63, 3.8) is 0 Å². The van der Waals surface area contributed by atoms with Gasteiger partial charge in [0.05, 0.1) is 11.4 Å². The second-order valence-electron chi connectivity index (χ2n) is 6.84. The number of rotatable bonds is 4. The second-order valence-corrected chi connectivity index (χ2v) is 6.84. The number of nitrogens with zero attached hydrogens (tertiary/aromatic N) is 1. The van der Waals surface area contributed by atoms with E-state index in [9.17, 15) is 4.79 Å². The molecular formula is C19H28N2O2. The number of hydrogen-bond donors (Lipinski definition) is 1.